The third kappa shape index (κ3) is 2.94. The number of amides is 2. The zero-order chi connectivity index (χ0) is 14.7. The van der Waals surface area contributed by atoms with E-state index in [1.54, 1.807) is 24.3 Å². The molecule has 3 rings (SSSR count). The number of hydrogen-bond donors (Lipinski definition) is 2. The van der Waals surface area contributed by atoms with Crippen molar-refractivity contribution in [2.75, 3.05) is 5.32 Å². The number of hydrogen-bond acceptors (Lipinski definition) is 2. The Morgan fingerprint density at radius 1 is 0.905 bits per heavy atom. The molecule has 4 nitrogen and oxygen atoms in total. The number of fused-ring (bicyclic) bond motifs is 1. The summed E-state index contributed by atoms with van der Waals surface area (Å²) in [5, 5.41) is 5.39. The first kappa shape index (κ1) is 13.4. The fourth-order valence-electron chi connectivity index (χ4n) is 2.64. The first-order valence-corrected chi connectivity index (χ1v) is 6.99. The maximum Gasteiger partial charge on any atom is 0.313 e. The minimum absolute atomic E-state index is 0.0739. The molecule has 0 aromatic heterocycles. The Morgan fingerprint density at radius 2 is 1.62 bits per heavy atom. The lowest BCUT2D eigenvalue weighted by molar-refractivity contribution is -0.136. The molecule has 21 heavy (non-hydrogen) atoms. The van der Waals surface area contributed by atoms with Crippen LogP contribution in [0, 0.1) is 0 Å². The van der Waals surface area contributed by atoms with Gasteiger partial charge >= 0.3 is 11.8 Å². The van der Waals surface area contributed by atoms with Gasteiger partial charge in [0.1, 0.15) is 0 Å². The standard InChI is InChI=1S/C17H16N2O2/c20-16(18-13-7-2-1-3-8-13)17(21)19-15-11-10-12-6-4-5-9-14(12)15/h1-9,15H,10-11H2,(H,18,20)(H,19,21). The zero-order valence-electron chi connectivity index (χ0n) is 11.5. The molecule has 1 atom stereocenters. The number of nitrogens with one attached hydrogen (secondary N) is 2. The van der Waals surface area contributed by atoms with Crippen LogP contribution >= 0.6 is 0 Å². The van der Waals surface area contributed by atoms with E-state index < -0.39 is 11.8 Å². The van der Waals surface area contributed by atoms with Gasteiger partial charge in [0.15, 0.2) is 0 Å². The fraction of sp³-hybridized carbons (Fsp3) is 0.176. The number of carbonyl (C=O) groups is 2. The molecule has 0 bridgehead atoms. The van der Waals surface area contributed by atoms with E-state index in [9.17, 15) is 9.59 Å². The molecule has 0 saturated heterocycles. The van der Waals surface area contributed by atoms with Crippen molar-refractivity contribution in [2.45, 2.75) is 18.9 Å². The topological polar surface area (TPSA) is 58.2 Å². The van der Waals surface area contributed by atoms with Crippen LogP contribution < -0.4 is 10.6 Å². The maximum absolute atomic E-state index is 12.0. The second kappa shape index (κ2) is 5.79. The van der Waals surface area contributed by atoms with E-state index >= 15 is 0 Å². The molecule has 0 fully saturated rings. The van der Waals surface area contributed by atoms with Gasteiger partial charge in [0.25, 0.3) is 0 Å². The Morgan fingerprint density at radius 3 is 2.43 bits per heavy atom. The van der Waals surface area contributed by atoms with Crippen molar-refractivity contribution < 1.29 is 9.59 Å². The average molecular weight is 280 g/mol. The third-order valence-corrected chi connectivity index (χ3v) is 3.68. The molecular weight excluding hydrogens is 264 g/mol. The Kier molecular flexibility index (Phi) is 3.69. The van der Waals surface area contributed by atoms with Gasteiger partial charge in [-0.1, -0.05) is 42.5 Å². The SMILES string of the molecule is O=C(Nc1ccccc1)C(=O)NC1CCc2ccccc21. The Balaban J connectivity index is 1.63. The molecule has 2 aromatic carbocycles. The van der Waals surface area contributed by atoms with Gasteiger partial charge in [-0.2, -0.15) is 0 Å². The highest BCUT2D eigenvalue weighted by Crippen LogP contribution is 2.30. The second-order valence-corrected chi connectivity index (χ2v) is 5.08. The highest BCUT2D eigenvalue weighted by molar-refractivity contribution is 6.39. The van der Waals surface area contributed by atoms with Gasteiger partial charge in [-0.15, -0.1) is 0 Å². The predicted octanol–water partition coefficient (Wildman–Crippen LogP) is 2.43. The highest BCUT2D eigenvalue weighted by Gasteiger charge is 2.25. The largest absolute Gasteiger partial charge is 0.341 e. The van der Waals surface area contributed by atoms with Crippen LogP contribution in [0.1, 0.15) is 23.6 Å². The van der Waals surface area contributed by atoms with Crippen LogP contribution in [-0.4, -0.2) is 11.8 Å². The highest BCUT2D eigenvalue weighted by atomic mass is 16.2. The molecule has 0 aliphatic heterocycles. The summed E-state index contributed by atoms with van der Waals surface area (Å²) in [5.74, 6) is -1.23. The molecule has 4 heteroatoms. The second-order valence-electron chi connectivity index (χ2n) is 5.08. The summed E-state index contributed by atoms with van der Waals surface area (Å²) < 4.78 is 0. The summed E-state index contributed by atoms with van der Waals surface area (Å²) in [6.45, 7) is 0. The first-order valence-electron chi connectivity index (χ1n) is 6.99. The minimum Gasteiger partial charge on any atom is -0.341 e. The van der Waals surface area contributed by atoms with Gasteiger partial charge in [-0.05, 0) is 36.1 Å². The van der Waals surface area contributed by atoms with Crippen LogP contribution in [0.4, 0.5) is 5.69 Å². The van der Waals surface area contributed by atoms with Gasteiger partial charge in [0.2, 0.25) is 0 Å². The molecule has 2 N–H and O–H groups in total. The fourth-order valence-corrected chi connectivity index (χ4v) is 2.64. The van der Waals surface area contributed by atoms with Gasteiger partial charge in [0, 0.05) is 5.69 Å². The van der Waals surface area contributed by atoms with Crippen molar-refractivity contribution in [2.24, 2.45) is 0 Å². The van der Waals surface area contributed by atoms with Gasteiger partial charge in [-0.25, -0.2) is 0 Å². The van der Waals surface area contributed by atoms with E-state index in [0.29, 0.717) is 5.69 Å². The number of anilines is 1. The van der Waals surface area contributed by atoms with Crippen LogP contribution in [0.5, 0.6) is 0 Å². The predicted molar refractivity (Wildman–Crippen MR) is 80.7 cm³/mol. The van der Waals surface area contributed by atoms with Crippen molar-refractivity contribution in [3.63, 3.8) is 0 Å². The molecule has 1 aliphatic carbocycles. The molecule has 0 heterocycles. The lowest BCUT2D eigenvalue weighted by Gasteiger charge is -2.13. The van der Waals surface area contributed by atoms with Crippen molar-refractivity contribution in [3.05, 3.63) is 65.7 Å². The Bertz CT molecular complexity index is 668. The molecule has 106 valence electrons. The van der Waals surface area contributed by atoms with Crippen LogP contribution in [0.25, 0.3) is 0 Å². The monoisotopic (exact) mass is 280 g/mol. The normalized spacial score (nSPS) is 16.1. The van der Waals surface area contributed by atoms with E-state index in [4.69, 9.17) is 0 Å². The van der Waals surface area contributed by atoms with Gasteiger partial charge in [0.05, 0.1) is 6.04 Å². The summed E-state index contributed by atoms with van der Waals surface area (Å²) in [4.78, 5) is 23.9. The molecule has 1 aliphatic rings. The number of aryl methyl sites for hydroxylation is 1. The molecular formula is C17H16N2O2. The number of para-hydroxylation sites is 1. The summed E-state index contributed by atoms with van der Waals surface area (Å²) in [7, 11) is 0. The van der Waals surface area contributed by atoms with E-state index in [1.807, 2.05) is 24.3 Å². The summed E-state index contributed by atoms with van der Waals surface area (Å²) >= 11 is 0. The van der Waals surface area contributed by atoms with Crippen LogP contribution in [0.15, 0.2) is 54.6 Å². The third-order valence-electron chi connectivity index (χ3n) is 3.68. The lowest BCUT2D eigenvalue weighted by Crippen LogP contribution is -2.37. The van der Waals surface area contributed by atoms with Crippen LogP contribution in [0.2, 0.25) is 0 Å². The van der Waals surface area contributed by atoms with E-state index in [2.05, 4.69) is 16.7 Å². The van der Waals surface area contributed by atoms with Gasteiger partial charge < -0.3 is 10.6 Å². The lowest BCUT2D eigenvalue weighted by atomic mass is 10.1. The van der Waals surface area contributed by atoms with E-state index in [1.165, 1.54) is 5.56 Å². The Hall–Kier alpha value is -2.62. The molecule has 2 aromatic rings. The minimum atomic E-state index is -0.634. The van der Waals surface area contributed by atoms with Crippen molar-refractivity contribution >= 4 is 17.5 Å². The van der Waals surface area contributed by atoms with Crippen molar-refractivity contribution in [1.82, 2.24) is 5.32 Å². The molecule has 0 radical (unpaired) electrons. The van der Waals surface area contributed by atoms with E-state index in [-0.39, 0.29) is 6.04 Å². The number of benzene rings is 2. The van der Waals surface area contributed by atoms with Crippen LogP contribution in [-0.2, 0) is 16.0 Å². The summed E-state index contributed by atoms with van der Waals surface area (Å²) in [5.41, 5.74) is 2.97. The first-order chi connectivity index (χ1) is 10.2. The summed E-state index contributed by atoms with van der Waals surface area (Å²) in [6.07, 6.45) is 1.77. The van der Waals surface area contributed by atoms with Crippen molar-refractivity contribution in [1.29, 1.82) is 0 Å². The molecule has 1 unspecified atom stereocenters. The van der Waals surface area contributed by atoms with Crippen molar-refractivity contribution in [3.8, 4) is 0 Å². The number of carbonyl (C=O) groups excluding carboxylic acids is 2. The zero-order valence-corrected chi connectivity index (χ0v) is 11.5. The molecule has 2 amide bonds. The van der Waals surface area contributed by atoms with E-state index in [0.717, 1.165) is 18.4 Å². The summed E-state index contributed by atoms with van der Waals surface area (Å²) in [6, 6.07) is 16.9. The quantitative estimate of drug-likeness (QED) is 0.830. The Labute approximate surface area is 123 Å². The molecule has 0 saturated carbocycles. The van der Waals surface area contributed by atoms with Gasteiger partial charge in [-0.3, -0.25) is 9.59 Å². The maximum atomic E-state index is 12.0. The number of rotatable bonds is 2. The van der Waals surface area contributed by atoms with Crippen LogP contribution in [0.3, 0.4) is 0 Å². The average Bonchev–Trinajstić information content (AvgIpc) is 2.91. The molecule has 0 spiro atoms. The smallest absolute Gasteiger partial charge is 0.313 e.